The van der Waals surface area contributed by atoms with Crippen LogP contribution in [0.4, 0.5) is 0 Å². The van der Waals surface area contributed by atoms with Crippen molar-refractivity contribution >= 4 is 11.9 Å². The second-order valence-corrected chi connectivity index (χ2v) is 4.31. The van der Waals surface area contributed by atoms with Crippen LogP contribution in [0, 0.1) is 11.8 Å². The van der Waals surface area contributed by atoms with Crippen molar-refractivity contribution < 1.29 is 14.7 Å². The number of amides is 1. The van der Waals surface area contributed by atoms with Crippen molar-refractivity contribution in [1.82, 2.24) is 4.90 Å². The molecule has 2 rings (SSSR count). The Balaban J connectivity index is 1.81. The van der Waals surface area contributed by atoms with Crippen LogP contribution in [0.5, 0.6) is 0 Å². The first-order valence-electron chi connectivity index (χ1n) is 5.17. The van der Waals surface area contributed by atoms with Crippen LogP contribution in [-0.2, 0) is 9.59 Å². The van der Waals surface area contributed by atoms with E-state index in [1.165, 1.54) is 12.8 Å². The predicted molar refractivity (Wildman–Crippen MR) is 49.7 cm³/mol. The lowest BCUT2D eigenvalue weighted by molar-refractivity contribution is -0.141. The molecular weight excluding hydrogens is 182 g/mol. The molecule has 0 aromatic rings. The van der Waals surface area contributed by atoms with E-state index in [1.54, 1.807) is 4.90 Å². The molecule has 0 radical (unpaired) electrons. The van der Waals surface area contributed by atoms with Crippen molar-refractivity contribution in [2.24, 2.45) is 11.8 Å². The molecular formula is C10H15NO3. The molecule has 1 unspecified atom stereocenters. The van der Waals surface area contributed by atoms with Gasteiger partial charge in [-0.05, 0) is 25.2 Å². The molecule has 78 valence electrons. The van der Waals surface area contributed by atoms with Gasteiger partial charge in [0, 0.05) is 19.5 Å². The van der Waals surface area contributed by atoms with Gasteiger partial charge in [0.2, 0.25) is 5.91 Å². The Bertz CT molecular complexity index is 260. The quantitative estimate of drug-likeness (QED) is 0.725. The molecule has 1 heterocycles. The van der Waals surface area contributed by atoms with Gasteiger partial charge in [0.05, 0.1) is 5.92 Å². The van der Waals surface area contributed by atoms with Gasteiger partial charge in [-0.3, -0.25) is 9.59 Å². The van der Waals surface area contributed by atoms with Gasteiger partial charge in [-0.2, -0.15) is 0 Å². The first kappa shape index (κ1) is 9.49. The normalized spacial score (nSPS) is 26.6. The molecule has 1 aliphatic heterocycles. The predicted octanol–water partition coefficient (Wildman–Crippen LogP) is 0.720. The minimum absolute atomic E-state index is 0.149. The highest BCUT2D eigenvalue weighted by molar-refractivity contribution is 5.79. The summed E-state index contributed by atoms with van der Waals surface area (Å²) in [5.74, 6) is -0.368. The molecule has 2 fully saturated rings. The van der Waals surface area contributed by atoms with Gasteiger partial charge in [0.25, 0.3) is 0 Å². The number of carbonyl (C=O) groups excluding carboxylic acids is 1. The van der Waals surface area contributed by atoms with Crippen LogP contribution in [0.3, 0.4) is 0 Å². The molecule has 1 aliphatic carbocycles. The van der Waals surface area contributed by atoms with Crippen molar-refractivity contribution in [3.8, 4) is 0 Å². The molecule has 0 aromatic carbocycles. The molecule has 2 aliphatic rings. The summed E-state index contributed by atoms with van der Waals surface area (Å²) in [6.45, 7) is 1.05. The zero-order valence-corrected chi connectivity index (χ0v) is 8.11. The maximum Gasteiger partial charge on any atom is 0.308 e. The largest absolute Gasteiger partial charge is 0.481 e. The number of carboxylic acids is 1. The van der Waals surface area contributed by atoms with Gasteiger partial charge in [0.15, 0.2) is 0 Å². The average molecular weight is 197 g/mol. The first-order valence-corrected chi connectivity index (χ1v) is 5.17. The molecule has 0 spiro atoms. The molecule has 1 atom stereocenters. The lowest BCUT2D eigenvalue weighted by atomic mass is 10.1. The summed E-state index contributed by atoms with van der Waals surface area (Å²) in [6.07, 6.45) is 3.59. The minimum atomic E-state index is -0.772. The number of aliphatic carboxylic acids is 1. The van der Waals surface area contributed by atoms with Gasteiger partial charge in [-0.1, -0.05) is 0 Å². The lowest BCUT2D eigenvalue weighted by Gasteiger charge is -2.15. The number of nitrogens with zero attached hydrogens (tertiary/aromatic N) is 1. The van der Waals surface area contributed by atoms with Crippen molar-refractivity contribution in [3.63, 3.8) is 0 Å². The second-order valence-electron chi connectivity index (χ2n) is 4.31. The molecule has 0 aromatic heterocycles. The Morgan fingerprint density at radius 3 is 2.50 bits per heavy atom. The molecule has 1 N–H and O–H groups in total. The SMILES string of the molecule is O=C(O)C1CCN(C(=O)CC2CC2)C1. The summed E-state index contributed by atoms with van der Waals surface area (Å²) in [7, 11) is 0. The molecule has 0 bridgehead atoms. The van der Waals surface area contributed by atoms with E-state index >= 15 is 0 Å². The van der Waals surface area contributed by atoms with E-state index in [1.807, 2.05) is 0 Å². The van der Waals surface area contributed by atoms with E-state index in [9.17, 15) is 9.59 Å². The number of carbonyl (C=O) groups is 2. The topological polar surface area (TPSA) is 57.6 Å². The highest BCUT2D eigenvalue weighted by atomic mass is 16.4. The fourth-order valence-electron chi connectivity index (χ4n) is 1.89. The first-order chi connectivity index (χ1) is 6.66. The van der Waals surface area contributed by atoms with Crippen LogP contribution in [0.15, 0.2) is 0 Å². The Morgan fingerprint density at radius 1 is 1.29 bits per heavy atom. The van der Waals surface area contributed by atoms with Gasteiger partial charge >= 0.3 is 5.97 Å². The summed E-state index contributed by atoms with van der Waals surface area (Å²) >= 11 is 0. The third-order valence-corrected chi connectivity index (χ3v) is 3.05. The second kappa shape index (κ2) is 3.59. The van der Waals surface area contributed by atoms with Crippen molar-refractivity contribution in [2.75, 3.05) is 13.1 Å². The number of likely N-dealkylation sites (tertiary alicyclic amines) is 1. The van der Waals surface area contributed by atoms with Crippen LogP contribution < -0.4 is 0 Å². The smallest absolute Gasteiger partial charge is 0.308 e. The van der Waals surface area contributed by atoms with Crippen molar-refractivity contribution in [3.05, 3.63) is 0 Å². The molecule has 4 nitrogen and oxygen atoms in total. The summed E-state index contributed by atoms with van der Waals surface area (Å²) in [4.78, 5) is 24.0. The molecule has 1 amide bonds. The Kier molecular flexibility index (Phi) is 2.44. The number of rotatable bonds is 3. The van der Waals surface area contributed by atoms with Crippen molar-refractivity contribution in [1.29, 1.82) is 0 Å². The zero-order chi connectivity index (χ0) is 10.1. The number of hydrogen-bond donors (Lipinski definition) is 1. The van der Waals surface area contributed by atoms with Gasteiger partial charge in [0.1, 0.15) is 0 Å². The van der Waals surface area contributed by atoms with Crippen molar-refractivity contribution in [2.45, 2.75) is 25.7 Å². The van der Waals surface area contributed by atoms with Gasteiger partial charge in [-0.15, -0.1) is 0 Å². The van der Waals surface area contributed by atoms with E-state index in [2.05, 4.69) is 0 Å². The Morgan fingerprint density at radius 2 is 2.00 bits per heavy atom. The Hall–Kier alpha value is -1.06. The van der Waals surface area contributed by atoms with E-state index < -0.39 is 5.97 Å². The van der Waals surface area contributed by atoms with E-state index in [0.717, 1.165) is 0 Å². The van der Waals surface area contributed by atoms with Crippen LogP contribution in [0.2, 0.25) is 0 Å². The molecule has 1 saturated carbocycles. The van der Waals surface area contributed by atoms with Crippen LogP contribution in [0.1, 0.15) is 25.7 Å². The summed E-state index contributed by atoms with van der Waals surface area (Å²) in [5.41, 5.74) is 0. The zero-order valence-electron chi connectivity index (χ0n) is 8.11. The van der Waals surface area contributed by atoms with Crippen LogP contribution >= 0.6 is 0 Å². The highest BCUT2D eigenvalue weighted by Crippen LogP contribution is 2.33. The Labute approximate surface area is 82.9 Å². The summed E-state index contributed by atoms with van der Waals surface area (Å²) < 4.78 is 0. The molecule has 4 heteroatoms. The van der Waals surface area contributed by atoms with Gasteiger partial charge in [-0.25, -0.2) is 0 Å². The fraction of sp³-hybridized carbons (Fsp3) is 0.800. The number of hydrogen-bond acceptors (Lipinski definition) is 2. The van der Waals surface area contributed by atoms with Crippen LogP contribution in [-0.4, -0.2) is 35.0 Å². The van der Waals surface area contributed by atoms with E-state index in [0.29, 0.717) is 31.8 Å². The van der Waals surface area contributed by atoms with Crippen LogP contribution in [0.25, 0.3) is 0 Å². The minimum Gasteiger partial charge on any atom is -0.481 e. The standard InChI is InChI=1S/C10H15NO3/c12-9(5-7-1-2-7)11-4-3-8(6-11)10(13)14/h7-8H,1-6H2,(H,13,14). The third-order valence-electron chi connectivity index (χ3n) is 3.05. The third kappa shape index (κ3) is 2.05. The summed E-state index contributed by atoms with van der Waals surface area (Å²) in [6, 6.07) is 0. The highest BCUT2D eigenvalue weighted by Gasteiger charge is 2.33. The fourth-order valence-corrected chi connectivity index (χ4v) is 1.89. The maximum atomic E-state index is 11.6. The van der Waals surface area contributed by atoms with E-state index in [4.69, 9.17) is 5.11 Å². The molecule has 14 heavy (non-hydrogen) atoms. The van der Waals surface area contributed by atoms with E-state index in [-0.39, 0.29) is 11.8 Å². The maximum absolute atomic E-state index is 11.6. The van der Waals surface area contributed by atoms with Gasteiger partial charge < -0.3 is 10.0 Å². The average Bonchev–Trinajstić information content (AvgIpc) is 2.81. The lowest BCUT2D eigenvalue weighted by Crippen LogP contribution is -2.30. The summed E-state index contributed by atoms with van der Waals surface area (Å²) in [5, 5.41) is 8.77. The monoisotopic (exact) mass is 197 g/mol. The number of carboxylic acid groups (broad SMARTS) is 1. The molecule has 1 saturated heterocycles.